The van der Waals surface area contributed by atoms with Crippen LogP contribution < -0.4 is 0 Å². The van der Waals surface area contributed by atoms with Gasteiger partial charge in [0.15, 0.2) is 11.9 Å². The number of nitriles is 1. The molecule has 2 nitrogen and oxygen atoms in total. The molecule has 1 rings (SSSR count). The van der Waals surface area contributed by atoms with Gasteiger partial charge in [0.2, 0.25) is 5.95 Å². The fourth-order valence-electron chi connectivity index (χ4n) is 0.590. The summed E-state index contributed by atoms with van der Waals surface area (Å²) in [7, 11) is 0. The molecule has 0 unspecified atom stereocenters. The molecule has 0 saturated heterocycles. The van der Waals surface area contributed by atoms with E-state index >= 15 is 0 Å². The normalized spacial score (nSPS) is 8.08. The Labute approximate surface area is 67.5 Å². The molecule has 0 atom stereocenters. The average molecular weight is 164 g/mol. The highest BCUT2D eigenvalue weighted by atomic mass is 19.2. The van der Waals surface area contributed by atoms with E-state index in [0.29, 0.717) is 0 Å². The van der Waals surface area contributed by atoms with E-state index in [9.17, 15) is 8.78 Å². The van der Waals surface area contributed by atoms with Crippen LogP contribution in [0.2, 0.25) is 0 Å². The molecule has 58 valence electrons. The van der Waals surface area contributed by atoms with Gasteiger partial charge in [0.05, 0.1) is 0 Å². The Morgan fingerprint density at radius 2 is 2.17 bits per heavy atom. The van der Waals surface area contributed by atoms with E-state index in [0.717, 1.165) is 12.3 Å². The third kappa shape index (κ3) is 1.77. The zero-order valence-electron chi connectivity index (χ0n) is 5.81. The summed E-state index contributed by atoms with van der Waals surface area (Å²) >= 11 is 0. The molecule has 1 heterocycles. The molecule has 0 bridgehead atoms. The first kappa shape index (κ1) is 8.16. The first-order valence-corrected chi connectivity index (χ1v) is 2.95. The maximum atomic E-state index is 12.4. The molecule has 1 aromatic heterocycles. The molecule has 4 heteroatoms. The van der Waals surface area contributed by atoms with Crippen molar-refractivity contribution in [2.75, 3.05) is 0 Å². The molecular formula is C8H2F2N2. The van der Waals surface area contributed by atoms with Crippen LogP contribution >= 0.6 is 0 Å². The molecule has 0 saturated carbocycles. The van der Waals surface area contributed by atoms with Crippen LogP contribution in [0.5, 0.6) is 0 Å². The van der Waals surface area contributed by atoms with Crippen molar-refractivity contribution in [2.24, 2.45) is 0 Å². The first-order chi connectivity index (χ1) is 5.74. The van der Waals surface area contributed by atoms with E-state index in [1.165, 1.54) is 0 Å². The Kier molecular flexibility index (Phi) is 2.35. The fourth-order valence-corrected chi connectivity index (χ4v) is 0.590. The lowest BCUT2D eigenvalue weighted by atomic mass is 10.3. The van der Waals surface area contributed by atoms with Crippen LogP contribution in [0.15, 0.2) is 12.3 Å². The van der Waals surface area contributed by atoms with Crippen molar-refractivity contribution in [1.82, 2.24) is 4.98 Å². The number of halogens is 2. The van der Waals surface area contributed by atoms with Crippen molar-refractivity contribution in [1.29, 1.82) is 5.26 Å². The second-order valence-corrected chi connectivity index (χ2v) is 1.86. The fraction of sp³-hybridized carbons (Fsp3) is 0. The summed E-state index contributed by atoms with van der Waals surface area (Å²) in [5, 5.41) is 8.04. The molecule has 0 aromatic carbocycles. The maximum absolute atomic E-state index is 12.4. The van der Waals surface area contributed by atoms with Gasteiger partial charge < -0.3 is 0 Å². The minimum atomic E-state index is -1.17. The molecule has 0 spiro atoms. The number of hydrogen-bond donors (Lipinski definition) is 0. The summed E-state index contributed by atoms with van der Waals surface area (Å²) in [5.41, 5.74) is 0.176. The Morgan fingerprint density at radius 3 is 2.75 bits per heavy atom. The third-order valence-electron chi connectivity index (χ3n) is 1.06. The van der Waals surface area contributed by atoms with Crippen LogP contribution in [0.1, 0.15) is 5.56 Å². The summed E-state index contributed by atoms with van der Waals surface area (Å²) in [5.74, 6) is 2.08. The van der Waals surface area contributed by atoms with E-state index in [1.807, 2.05) is 5.92 Å². The molecule has 12 heavy (non-hydrogen) atoms. The van der Waals surface area contributed by atoms with Gasteiger partial charge in [-0.15, -0.1) is 0 Å². The van der Waals surface area contributed by atoms with Crippen molar-refractivity contribution in [2.45, 2.75) is 0 Å². The van der Waals surface area contributed by atoms with Crippen molar-refractivity contribution >= 4 is 0 Å². The van der Waals surface area contributed by atoms with Gasteiger partial charge in [-0.25, -0.2) is 9.37 Å². The highest BCUT2D eigenvalue weighted by Crippen LogP contribution is 2.03. The Balaban J connectivity index is 3.07. The topological polar surface area (TPSA) is 36.7 Å². The molecule has 0 amide bonds. The molecule has 0 N–H and O–H groups in total. The van der Waals surface area contributed by atoms with Crippen LogP contribution in [0.25, 0.3) is 0 Å². The monoisotopic (exact) mass is 164 g/mol. The van der Waals surface area contributed by atoms with E-state index in [1.54, 1.807) is 6.07 Å². The zero-order valence-corrected chi connectivity index (χ0v) is 5.81. The lowest BCUT2D eigenvalue weighted by Crippen LogP contribution is -1.89. The molecule has 0 aliphatic rings. The standard InChI is InChI=1S/C8H2F2N2/c9-7-4-6(2-1-3-11)5-12-8(7)10/h4-5H. The largest absolute Gasteiger partial charge is 0.248 e. The van der Waals surface area contributed by atoms with E-state index in [-0.39, 0.29) is 5.56 Å². The van der Waals surface area contributed by atoms with Crippen LogP contribution in [0, 0.1) is 34.9 Å². The number of aromatic nitrogens is 1. The average Bonchev–Trinajstić information content (AvgIpc) is 2.07. The Bertz CT molecular complexity index is 396. The van der Waals surface area contributed by atoms with Crippen molar-refractivity contribution in [3.8, 4) is 17.9 Å². The highest BCUT2D eigenvalue weighted by Gasteiger charge is 2.01. The van der Waals surface area contributed by atoms with Crippen LogP contribution in [0.3, 0.4) is 0 Å². The van der Waals surface area contributed by atoms with Gasteiger partial charge in [-0.1, -0.05) is 0 Å². The van der Waals surface area contributed by atoms with Crippen LogP contribution in [-0.2, 0) is 0 Å². The van der Waals surface area contributed by atoms with E-state index < -0.39 is 11.8 Å². The summed E-state index contributed by atoms with van der Waals surface area (Å²) in [6, 6.07) is 2.43. The van der Waals surface area contributed by atoms with Crippen molar-refractivity contribution in [3.63, 3.8) is 0 Å². The Morgan fingerprint density at radius 1 is 1.42 bits per heavy atom. The van der Waals surface area contributed by atoms with Gasteiger partial charge in [0.1, 0.15) is 0 Å². The molecule has 0 radical (unpaired) electrons. The number of rotatable bonds is 0. The van der Waals surface area contributed by atoms with Gasteiger partial charge >= 0.3 is 0 Å². The summed E-state index contributed by atoms with van der Waals surface area (Å²) in [6.45, 7) is 0. The van der Waals surface area contributed by atoms with Crippen LogP contribution in [-0.4, -0.2) is 4.98 Å². The minimum absolute atomic E-state index is 0.176. The molecule has 0 aliphatic carbocycles. The predicted octanol–water partition coefficient (Wildman–Crippen LogP) is 1.23. The second kappa shape index (κ2) is 3.45. The number of pyridine rings is 1. The van der Waals surface area contributed by atoms with Crippen molar-refractivity contribution < 1.29 is 8.78 Å². The first-order valence-electron chi connectivity index (χ1n) is 2.95. The minimum Gasteiger partial charge on any atom is -0.224 e. The number of hydrogen-bond acceptors (Lipinski definition) is 2. The third-order valence-corrected chi connectivity index (χ3v) is 1.06. The maximum Gasteiger partial charge on any atom is 0.248 e. The van der Waals surface area contributed by atoms with Gasteiger partial charge in [0.25, 0.3) is 0 Å². The molecule has 0 fully saturated rings. The molecule has 0 aliphatic heterocycles. The summed E-state index contributed by atoms with van der Waals surface area (Å²) in [4.78, 5) is 3.08. The van der Waals surface area contributed by atoms with Gasteiger partial charge in [-0.2, -0.15) is 9.65 Å². The lowest BCUT2D eigenvalue weighted by molar-refractivity contribution is 0.479. The zero-order chi connectivity index (χ0) is 8.97. The van der Waals surface area contributed by atoms with Gasteiger partial charge in [-0.05, 0) is 12.0 Å². The second-order valence-electron chi connectivity index (χ2n) is 1.86. The quantitative estimate of drug-likeness (QED) is 0.427. The predicted molar refractivity (Wildman–Crippen MR) is 36.6 cm³/mol. The molecule has 1 aromatic rings. The lowest BCUT2D eigenvalue weighted by Gasteiger charge is -1.90. The highest BCUT2D eigenvalue weighted by molar-refractivity contribution is 5.35. The van der Waals surface area contributed by atoms with Gasteiger partial charge in [0, 0.05) is 17.7 Å². The van der Waals surface area contributed by atoms with E-state index in [4.69, 9.17) is 5.26 Å². The molecular weight excluding hydrogens is 162 g/mol. The van der Waals surface area contributed by atoms with Gasteiger partial charge in [-0.3, -0.25) is 0 Å². The van der Waals surface area contributed by atoms with Crippen LogP contribution in [0.4, 0.5) is 8.78 Å². The number of nitrogens with zero attached hydrogens (tertiary/aromatic N) is 2. The SMILES string of the molecule is N#CC#Cc1cnc(F)c(F)c1. The van der Waals surface area contributed by atoms with E-state index in [2.05, 4.69) is 10.9 Å². The Hall–Kier alpha value is -1.94. The summed E-state index contributed by atoms with van der Waals surface area (Å²) < 4.78 is 24.6. The van der Waals surface area contributed by atoms with Crippen molar-refractivity contribution in [3.05, 3.63) is 29.6 Å². The smallest absolute Gasteiger partial charge is 0.224 e. The summed E-state index contributed by atoms with van der Waals surface area (Å²) in [6.07, 6.45) is 1.06.